The van der Waals surface area contributed by atoms with E-state index in [9.17, 15) is 26.4 Å². The van der Waals surface area contributed by atoms with Crippen LogP contribution in [-0.4, -0.2) is 69.0 Å². The molecule has 1 aliphatic heterocycles. The number of amides is 1. The molecule has 1 aromatic rings. The van der Waals surface area contributed by atoms with E-state index in [4.69, 9.17) is 0 Å². The molecule has 6 nitrogen and oxygen atoms in total. The van der Waals surface area contributed by atoms with Gasteiger partial charge < -0.3 is 5.32 Å². The second-order valence-electron chi connectivity index (χ2n) is 6.34. The number of carbonyl (C=O) groups excluding carboxylic acids is 1. The highest BCUT2D eigenvalue weighted by Gasteiger charge is 2.31. The van der Waals surface area contributed by atoms with Gasteiger partial charge in [0.2, 0.25) is 15.9 Å². The number of rotatable bonds is 5. The number of sulfonamides is 1. The monoisotopic (exact) mass is 393 g/mol. The molecule has 0 aromatic heterocycles. The Morgan fingerprint density at radius 1 is 1.15 bits per heavy atom. The van der Waals surface area contributed by atoms with Gasteiger partial charge in [-0.15, -0.1) is 0 Å². The molecule has 0 atom stereocenters. The van der Waals surface area contributed by atoms with E-state index in [1.807, 2.05) is 18.3 Å². The van der Waals surface area contributed by atoms with Gasteiger partial charge in [0.1, 0.15) is 6.54 Å². The molecule has 1 fully saturated rings. The first-order chi connectivity index (χ1) is 12.0. The van der Waals surface area contributed by atoms with E-state index in [1.165, 1.54) is 4.31 Å². The van der Waals surface area contributed by atoms with Crippen LogP contribution < -0.4 is 5.32 Å². The van der Waals surface area contributed by atoms with Crippen LogP contribution in [0.2, 0.25) is 0 Å². The summed E-state index contributed by atoms with van der Waals surface area (Å²) in [4.78, 5) is 13.5. The Morgan fingerprint density at radius 2 is 1.77 bits per heavy atom. The van der Waals surface area contributed by atoms with Gasteiger partial charge in [0, 0.05) is 26.2 Å². The molecule has 0 unspecified atom stereocenters. The number of nitrogens with zero attached hydrogens (tertiary/aromatic N) is 2. The Labute approximate surface area is 151 Å². The predicted molar refractivity (Wildman–Crippen MR) is 90.2 cm³/mol. The Hall–Kier alpha value is -1.65. The lowest BCUT2D eigenvalue weighted by molar-refractivity contribution is -0.139. The van der Waals surface area contributed by atoms with Gasteiger partial charge in [-0.25, -0.2) is 8.42 Å². The fourth-order valence-electron chi connectivity index (χ4n) is 2.71. The van der Waals surface area contributed by atoms with Crippen LogP contribution in [-0.2, 0) is 14.8 Å². The van der Waals surface area contributed by atoms with E-state index < -0.39 is 28.7 Å². The zero-order chi connectivity index (χ0) is 19.5. The molecule has 1 heterocycles. The molecular weight excluding hydrogens is 371 g/mol. The smallest absolute Gasteiger partial charge is 0.346 e. The maximum absolute atomic E-state index is 12.8. The summed E-state index contributed by atoms with van der Waals surface area (Å²) in [6, 6.07) is 5.22. The molecule has 0 aliphatic carbocycles. The molecule has 26 heavy (non-hydrogen) atoms. The van der Waals surface area contributed by atoms with Crippen molar-refractivity contribution in [2.24, 2.45) is 0 Å². The molecule has 0 spiro atoms. The molecule has 1 saturated heterocycles. The number of hydrogen-bond acceptors (Lipinski definition) is 4. The molecule has 2 rings (SSSR count). The van der Waals surface area contributed by atoms with Crippen LogP contribution in [0.25, 0.3) is 0 Å². The summed E-state index contributed by atoms with van der Waals surface area (Å²) in [6.07, 6.45) is -4.45. The van der Waals surface area contributed by atoms with Crippen molar-refractivity contribution in [2.75, 3.05) is 39.3 Å². The molecule has 146 valence electrons. The van der Waals surface area contributed by atoms with Crippen molar-refractivity contribution < 1.29 is 26.4 Å². The number of aryl methyl sites for hydroxylation is 2. The molecule has 0 bridgehead atoms. The fourth-order valence-corrected chi connectivity index (χ4v) is 4.44. The number of halogens is 3. The number of alkyl halides is 3. The summed E-state index contributed by atoms with van der Waals surface area (Å²) in [5.41, 5.74) is 1.50. The molecule has 1 N–H and O–H groups in total. The third kappa shape index (κ3) is 5.42. The SMILES string of the molecule is Cc1ccc(C)c(S(=O)(=O)N2CCN(CC(=O)NCC(F)(F)F)CC2)c1. The number of hydrogen-bond donors (Lipinski definition) is 1. The maximum atomic E-state index is 12.8. The van der Waals surface area contributed by atoms with Crippen molar-refractivity contribution in [3.63, 3.8) is 0 Å². The van der Waals surface area contributed by atoms with E-state index in [-0.39, 0.29) is 37.6 Å². The lowest BCUT2D eigenvalue weighted by Crippen LogP contribution is -2.51. The zero-order valence-corrected chi connectivity index (χ0v) is 15.5. The van der Waals surface area contributed by atoms with Crippen LogP contribution in [0.5, 0.6) is 0 Å². The summed E-state index contributed by atoms with van der Waals surface area (Å²) in [5, 5.41) is 1.81. The van der Waals surface area contributed by atoms with Crippen molar-refractivity contribution in [2.45, 2.75) is 24.9 Å². The number of nitrogens with one attached hydrogen (secondary N) is 1. The highest BCUT2D eigenvalue weighted by Crippen LogP contribution is 2.22. The van der Waals surface area contributed by atoms with E-state index in [1.54, 1.807) is 24.0 Å². The fraction of sp³-hybridized carbons (Fsp3) is 0.562. The topological polar surface area (TPSA) is 69.7 Å². The van der Waals surface area contributed by atoms with Crippen LogP contribution in [0.1, 0.15) is 11.1 Å². The van der Waals surface area contributed by atoms with Gasteiger partial charge in [0.15, 0.2) is 0 Å². The minimum atomic E-state index is -4.45. The molecule has 0 radical (unpaired) electrons. The van der Waals surface area contributed by atoms with E-state index in [0.717, 1.165) is 5.56 Å². The van der Waals surface area contributed by atoms with Gasteiger partial charge in [-0.3, -0.25) is 9.69 Å². The maximum Gasteiger partial charge on any atom is 0.405 e. The van der Waals surface area contributed by atoms with E-state index in [0.29, 0.717) is 5.56 Å². The average molecular weight is 393 g/mol. The highest BCUT2D eigenvalue weighted by molar-refractivity contribution is 7.89. The van der Waals surface area contributed by atoms with Crippen LogP contribution in [0, 0.1) is 13.8 Å². The van der Waals surface area contributed by atoms with Gasteiger partial charge in [0.25, 0.3) is 0 Å². The van der Waals surface area contributed by atoms with Gasteiger partial charge in [-0.05, 0) is 31.0 Å². The zero-order valence-electron chi connectivity index (χ0n) is 14.6. The van der Waals surface area contributed by atoms with E-state index >= 15 is 0 Å². The lowest BCUT2D eigenvalue weighted by atomic mass is 10.2. The minimum absolute atomic E-state index is 0.183. The highest BCUT2D eigenvalue weighted by atomic mass is 32.2. The second-order valence-corrected chi connectivity index (χ2v) is 8.25. The summed E-state index contributed by atoms with van der Waals surface area (Å²) >= 11 is 0. The molecule has 0 saturated carbocycles. The van der Waals surface area contributed by atoms with Crippen molar-refractivity contribution in [3.8, 4) is 0 Å². The standard InChI is InChI=1S/C16H22F3N3O3S/c1-12-3-4-13(2)14(9-12)26(24,25)22-7-5-21(6-8-22)10-15(23)20-11-16(17,18)19/h3-4,9H,5-8,10-11H2,1-2H3,(H,20,23). The van der Waals surface area contributed by atoms with Crippen molar-refractivity contribution in [1.82, 2.24) is 14.5 Å². The van der Waals surface area contributed by atoms with Crippen molar-refractivity contribution >= 4 is 15.9 Å². The second kappa shape index (κ2) is 7.93. The number of benzene rings is 1. The lowest BCUT2D eigenvalue weighted by Gasteiger charge is -2.33. The quantitative estimate of drug-likeness (QED) is 0.819. The Kier molecular flexibility index (Phi) is 6.30. The summed E-state index contributed by atoms with van der Waals surface area (Å²) in [5.74, 6) is -0.729. The number of piperazine rings is 1. The van der Waals surface area contributed by atoms with Crippen LogP contribution in [0.4, 0.5) is 13.2 Å². The molecule has 1 amide bonds. The first-order valence-corrected chi connectivity index (χ1v) is 9.56. The summed E-state index contributed by atoms with van der Waals surface area (Å²) in [7, 11) is -3.64. The van der Waals surface area contributed by atoms with Crippen LogP contribution in [0.15, 0.2) is 23.1 Å². The number of carbonyl (C=O) groups is 1. The average Bonchev–Trinajstić information content (AvgIpc) is 2.55. The first-order valence-electron chi connectivity index (χ1n) is 8.12. The normalized spacial score (nSPS) is 17.3. The Bertz CT molecular complexity index is 758. The predicted octanol–water partition coefficient (Wildman–Crippen LogP) is 1.29. The van der Waals surface area contributed by atoms with Gasteiger partial charge in [-0.1, -0.05) is 12.1 Å². The molecular formula is C16H22F3N3O3S. The van der Waals surface area contributed by atoms with Crippen molar-refractivity contribution in [3.05, 3.63) is 29.3 Å². The van der Waals surface area contributed by atoms with Crippen LogP contribution >= 0.6 is 0 Å². The van der Waals surface area contributed by atoms with Gasteiger partial charge in [0.05, 0.1) is 11.4 Å². The Morgan fingerprint density at radius 3 is 2.35 bits per heavy atom. The summed E-state index contributed by atoms with van der Waals surface area (Å²) in [6.45, 7) is 2.92. The third-order valence-electron chi connectivity index (χ3n) is 4.15. The minimum Gasteiger partial charge on any atom is -0.346 e. The third-order valence-corrected chi connectivity index (χ3v) is 6.19. The van der Waals surface area contributed by atoms with Crippen molar-refractivity contribution in [1.29, 1.82) is 0 Å². The molecule has 10 heteroatoms. The van der Waals surface area contributed by atoms with E-state index in [2.05, 4.69) is 0 Å². The largest absolute Gasteiger partial charge is 0.405 e. The Balaban J connectivity index is 1.93. The first kappa shape index (κ1) is 20.7. The van der Waals surface area contributed by atoms with Gasteiger partial charge >= 0.3 is 6.18 Å². The van der Waals surface area contributed by atoms with Gasteiger partial charge in [-0.2, -0.15) is 17.5 Å². The summed E-state index contributed by atoms with van der Waals surface area (Å²) < 4.78 is 63.2. The molecule has 1 aliphatic rings. The van der Waals surface area contributed by atoms with Crippen LogP contribution in [0.3, 0.4) is 0 Å². The molecule has 1 aromatic carbocycles.